The molecule has 0 saturated heterocycles. The van der Waals surface area contributed by atoms with E-state index in [0.717, 1.165) is 66.7 Å². The van der Waals surface area contributed by atoms with Crippen LogP contribution in [0.4, 0.5) is 4.39 Å². The largest absolute Gasteiger partial charge is 0.295 e. The van der Waals surface area contributed by atoms with Gasteiger partial charge in [-0.3, -0.25) is 9.47 Å². The molecule has 0 unspecified atom stereocenters. The smallest absolute Gasteiger partial charge is 0.216 e. The summed E-state index contributed by atoms with van der Waals surface area (Å²) < 4.78 is 16.3. The van der Waals surface area contributed by atoms with E-state index >= 15 is 0 Å². The summed E-state index contributed by atoms with van der Waals surface area (Å²) in [7, 11) is 2.09. The Bertz CT molecular complexity index is 1040. The van der Waals surface area contributed by atoms with Crippen molar-refractivity contribution in [2.24, 2.45) is 0 Å². The van der Waals surface area contributed by atoms with Crippen molar-refractivity contribution >= 4 is 11.6 Å². The molecule has 2 aliphatic rings. The first-order chi connectivity index (χ1) is 14.1. The van der Waals surface area contributed by atoms with Crippen molar-refractivity contribution in [1.29, 1.82) is 0 Å². The summed E-state index contributed by atoms with van der Waals surface area (Å²) >= 11 is 6.26. The van der Waals surface area contributed by atoms with E-state index in [1.807, 2.05) is 24.3 Å². The summed E-state index contributed by atoms with van der Waals surface area (Å²) in [6.45, 7) is 1.57. The third-order valence-corrected chi connectivity index (χ3v) is 6.44. The lowest BCUT2D eigenvalue weighted by atomic mass is 9.78. The van der Waals surface area contributed by atoms with Gasteiger partial charge in [-0.15, -0.1) is 10.2 Å². The second-order valence-electron chi connectivity index (χ2n) is 8.19. The summed E-state index contributed by atoms with van der Waals surface area (Å²) in [5.41, 5.74) is 3.05. The fraction of sp³-hybridized carbons (Fsp3) is 0.409. The molecule has 3 heterocycles. The quantitative estimate of drug-likeness (QED) is 0.566. The normalized spacial score (nSPS) is 22.0. The molecule has 1 aromatic carbocycles. The van der Waals surface area contributed by atoms with Gasteiger partial charge in [-0.1, -0.05) is 17.7 Å². The average molecular weight is 412 g/mol. The summed E-state index contributed by atoms with van der Waals surface area (Å²) in [5.74, 6) is 2.19. The highest BCUT2D eigenvalue weighted by Crippen LogP contribution is 2.41. The van der Waals surface area contributed by atoms with Crippen LogP contribution in [0.3, 0.4) is 0 Å². The minimum atomic E-state index is -0.332. The van der Waals surface area contributed by atoms with Crippen LogP contribution in [0.1, 0.15) is 60.3 Å². The molecule has 0 radical (unpaired) electrons. The van der Waals surface area contributed by atoms with E-state index < -0.39 is 0 Å². The summed E-state index contributed by atoms with van der Waals surface area (Å²) in [5, 5.41) is 9.87. The van der Waals surface area contributed by atoms with Gasteiger partial charge in [0.15, 0.2) is 5.82 Å². The van der Waals surface area contributed by atoms with Crippen molar-refractivity contribution in [3.8, 4) is 5.69 Å². The summed E-state index contributed by atoms with van der Waals surface area (Å²) in [6, 6.07) is 9.73. The zero-order valence-corrected chi connectivity index (χ0v) is 17.1. The number of hydrogen-bond acceptors (Lipinski definition) is 4. The van der Waals surface area contributed by atoms with Gasteiger partial charge in [0.25, 0.3) is 0 Å². The zero-order chi connectivity index (χ0) is 20.0. The van der Waals surface area contributed by atoms with Crippen molar-refractivity contribution in [3.63, 3.8) is 0 Å². The zero-order valence-electron chi connectivity index (χ0n) is 16.4. The second kappa shape index (κ2) is 7.50. The second-order valence-corrected chi connectivity index (χ2v) is 8.62. The van der Waals surface area contributed by atoms with Gasteiger partial charge in [0.05, 0.1) is 12.2 Å². The molecule has 5 rings (SSSR count). The van der Waals surface area contributed by atoms with Crippen LogP contribution in [0.25, 0.3) is 5.69 Å². The molecule has 3 aromatic rings. The number of nitrogens with zero attached hydrogens (tertiary/aromatic N) is 5. The van der Waals surface area contributed by atoms with Crippen LogP contribution in [0.15, 0.2) is 36.5 Å². The van der Waals surface area contributed by atoms with Gasteiger partial charge in [0, 0.05) is 29.2 Å². The number of benzene rings is 1. The standard InChI is InChI=1S/C22H23ClFN5/c1-28-12-16-11-17(23)8-9-19(16)29-20(13-28)26-27-22(29)15-6-4-14(5-7-15)18-3-2-10-25-21(18)24/h2-3,8-11,14-15H,4-7,12-13H2,1H3/t14-,15-. The maximum absolute atomic E-state index is 14.1. The Balaban J connectivity index is 1.45. The molecular weight excluding hydrogens is 389 g/mol. The molecule has 150 valence electrons. The van der Waals surface area contributed by atoms with Crippen LogP contribution in [0.5, 0.6) is 0 Å². The molecule has 0 atom stereocenters. The Morgan fingerprint density at radius 3 is 2.62 bits per heavy atom. The Morgan fingerprint density at radius 1 is 1.03 bits per heavy atom. The van der Waals surface area contributed by atoms with Crippen LogP contribution < -0.4 is 0 Å². The van der Waals surface area contributed by atoms with E-state index in [9.17, 15) is 4.39 Å². The molecular formula is C22H23ClFN5. The first-order valence-corrected chi connectivity index (χ1v) is 10.5. The highest BCUT2D eigenvalue weighted by Gasteiger charge is 2.31. The lowest BCUT2D eigenvalue weighted by molar-refractivity contribution is 0.315. The molecule has 0 spiro atoms. The number of hydrogen-bond donors (Lipinski definition) is 0. The summed E-state index contributed by atoms with van der Waals surface area (Å²) in [6.07, 6.45) is 5.31. The minimum absolute atomic E-state index is 0.226. The number of halogens is 2. The Hall–Kier alpha value is -2.31. The summed E-state index contributed by atoms with van der Waals surface area (Å²) in [4.78, 5) is 6.05. The van der Waals surface area contributed by atoms with Gasteiger partial charge in [-0.2, -0.15) is 4.39 Å². The number of aromatic nitrogens is 4. The monoisotopic (exact) mass is 411 g/mol. The van der Waals surface area contributed by atoms with E-state index in [2.05, 4.69) is 37.8 Å². The Labute approximate surface area is 174 Å². The third kappa shape index (κ3) is 3.45. The molecule has 5 nitrogen and oxygen atoms in total. The van der Waals surface area contributed by atoms with Crippen LogP contribution in [0.2, 0.25) is 5.02 Å². The minimum Gasteiger partial charge on any atom is -0.295 e. The van der Waals surface area contributed by atoms with Crippen molar-refractivity contribution in [2.75, 3.05) is 7.05 Å². The molecule has 1 fully saturated rings. The molecule has 7 heteroatoms. The molecule has 1 aliphatic carbocycles. The Morgan fingerprint density at radius 2 is 1.83 bits per heavy atom. The average Bonchev–Trinajstić information content (AvgIpc) is 3.06. The highest BCUT2D eigenvalue weighted by atomic mass is 35.5. The van der Waals surface area contributed by atoms with Gasteiger partial charge < -0.3 is 0 Å². The number of rotatable bonds is 2. The number of fused-ring (bicyclic) bond motifs is 3. The van der Waals surface area contributed by atoms with Crippen LogP contribution in [-0.2, 0) is 13.1 Å². The molecule has 1 saturated carbocycles. The topological polar surface area (TPSA) is 46.8 Å². The molecule has 0 N–H and O–H groups in total. The maximum Gasteiger partial charge on any atom is 0.216 e. The van der Waals surface area contributed by atoms with Gasteiger partial charge in [-0.05, 0) is 68.5 Å². The number of pyridine rings is 1. The van der Waals surface area contributed by atoms with Gasteiger partial charge in [-0.25, -0.2) is 4.98 Å². The van der Waals surface area contributed by atoms with Gasteiger partial charge >= 0.3 is 0 Å². The van der Waals surface area contributed by atoms with Crippen molar-refractivity contribution < 1.29 is 4.39 Å². The lowest BCUT2D eigenvalue weighted by Gasteiger charge is -2.28. The molecule has 29 heavy (non-hydrogen) atoms. The maximum atomic E-state index is 14.1. The van der Waals surface area contributed by atoms with E-state index in [1.54, 1.807) is 0 Å². The van der Waals surface area contributed by atoms with E-state index in [4.69, 9.17) is 11.6 Å². The SMILES string of the molecule is CN1Cc2cc(Cl)ccc2-n2c(nnc2[C@H]2CC[C@H](c3cccnc3F)CC2)C1. The first kappa shape index (κ1) is 18.7. The molecule has 0 bridgehead atoms. The fourth-order valence-corrected chi connectivity index (χ4v) is 5.01. The first-order valence-electron chi connectivity index (χ1n) is 10.1. The third-order valence-electron chi connectivity index (χ3n) is 6.21. The van der Waals surface area contributed by atoms with E-state index in [1.165, 1.54) is 11.8 Å². The van der Waals surface area contributed by atoms with E-state index in [-0.39, 0.29) is 11.9 Å². The molecule has 0 amide bonds. The van der Waals surface area contributed by atoms with Gasteiger partial charge in [0.1, 0.15) is 5.82 Å². The van der Waals surface area contributed by atoms with Crippen LogP contribution in [-0.4, -0.2) is 31.7 Å². The lowest BCUT2D eigenvalue weighted by Crippen LogP contribution is -2.18. The highest BCUT2D eigenvalue weighted by molar-refractivity contribution is 6.30. The van der Waals surface area contributed by atoms with Crippen LogP contribution in [0, 0.1) is 5.95 Å². The van der Waals surface area contributed by atoms with Crippen molar-refractivity contribution in [2.45, 2.75) is 50.6 Å². The predicted octanol–water partition coefficient (Wildman–Crippen LogP) is 4.84. The molecule has 1 aliphatic heterocycles. The van der Waals surface area contributed by atoms with Crippen LogP contribution >= 0.6 is 11.6 Å². The Kier molecular flexibility index (Phi) is 4.84. The van der Waals surface area contributed by atoms with Crippen molar-refractivity contribution in [3.05, 3.63) is 70.3 Å². The predicted molar refractivity (Wildman–Crippen MR) is 110 cm³/mol. The van der Waals surface area contributed by atoms with Crippen molar-refractivity contribution in [1.82, 2.24) is 24.6 Å². The molecule has 2 aromatic heterocycles. The van der Waals surface area contributed by atoms with E-state index in [0.29, 0.717) is 5.92 Å². The fourth-order valence-electron chi connectivity index (χ4n) is 4.81. The van der Waals surface area contributed by atoms with Gasteiger partial charge in [0.2, 0.25) is 5.95 Å².